The maximum absolute atomic E-state index is 5.86. The van der Waals surface area contributed by atoms with Crippen LogP contribution >= 0.6 is 0 Å². The first-order valence-electron chi connectivity index (χ1n) is 6.39. The Hall–Kier alpha value is -1.42. The molecule has 1 aromatic rings. The van der Waals surface area contributed by atoms with Gasteiger partial charge in [0.25, 0.3) is 0 Å². The number of benzene rings is 1. The van der Waals surface area contributed by atoms with Crippen molar-refractivity contribution in [3.63, 3.8) is 0 Å². The molecule has 0 amide bonds. The molecule has 1 heterocycles. The van der Waals surface area contributed by atoms with Crippen LogP contribution in [-0.4, -0.2) is 33.9 Å². The smallest absolute Gasteiger partial charge is 0.203 e. The normalized spacial score (nSPS) is 19.3. The van der Waals surface area contributed by atoms with E-state index in [9.17, 15) is 0 Å². The van der Waals surface area contributed by atoms with Gasteiger partial charge in [-0.2, -0.15) is 0 Å². The molecular formula is C14H21NO3. The molecule has 0 aromatic heterocycles. The van der Waals surface area contributed by atoms with Crippen molar-refractivity contribution < 1.29 is 14.2 Å². The van der Waals surface area contributed by atoms with Crippen molar-refractivity contribution in [1.82, 2.24) is 5.32 Å². The second kappa shape index (κ2) is 6.50. The summed E-state index contributed by atoms with van der Waals surface area (Å²) >= 11 is 0. The fraction of sp³-hybridized carbons (Fsp3) is 0.571. The first kappa shape index (κ1) is 13.0. The van der Waals surface area contributed by atoms with Crippen LogP contribution in [0.2, 0.25) is 0 Å². The Kier molecular flexibility index (Phi) is 4.70. The number of methoxy groups -OCH3 is 2. The van der Waals surface area contributed by atoms with E-state index in [1.54, 1.807) is 14.2 Å². The maximum Gasteiger partial charge on any atom is 0.203 e. The zero-order valence-electron chi connectivity index (χ0n) is 11.1. The Labute approximate surface area is 108 Å². The van der Waals surface area contributed by atoms with Gasteiger partial charge in [-0.25, -0.2) is 0 Å². The second-order valence-corrected chi connectivity index (χ2v) is 4.52. The van der Waals surface area contributed by atoms with Crippen LogP contribution in [0.25, 0.3) is 0 Å². The lowest BCUT2D eigenvalue weighted by molar-refractivity contribution is 0.209. The summed E-state index contributed by atoms with van der Waals surface area (Å²) in [7, 11) is 3.26. The Morgan fingerprint density at radius 3 is 2.72 bits per heavy atom. The van der Waals surface area contributed by atoms with E-state index in [0.717, 1.165) is 25.4 Å². The molecule has 0 spiro atoms. The molecule has 2 rings (SSSR count). The molecule has 0 saturated carbocycles. The molecule has 1 fully saturated rings. The second-order valence-electron chi connectivity index (χ2n) is 4.52. The van der Waals surface area contributed by atoms with Gasteiger partial charge in [-0.1, -0.05) is 6.07 Å². The molecule has 0 aliphatic carbocycles. The summed E-state index contributed by atoms with van der Waals surface area (Å²) in [6, 6.07) is 5.70. The van der Waals surface area contributed by atoms with E-state index in [1.807, 2.05) is 18.2 Å². The van der Waals surface area contributed by atoms with Gasteiger partial charge >= 0.3 is 0 Å². The highest BCUT2D eigenvalue weighted by Gasteiger charge is 2.16. The molecule has 1 N–H and O–H groups in total. The summed E-state index contributed by atoms with van der Waals surface area (Å²) < 4.78 is 16.5. The van der Waals surface area contributed by atoms with Gasteiger partial charge in [-0.15, -0.1) is 0 Å². The fourth-order valence-corrected chi connectivity index (χ4v) is 2.25. The monoisotopic (exact) mass is 251 g/mol. The lowest BCUT2D eigenvalue weighted by Crippen LogP contribution is -2.33. The van der Waals surface area contributed by atoms with Crippen molar-refractivity contribution in [2.75, 3.05) is 33.9 Å². The van der Waals surface area contributed by atoms with Gasteiger partial charge in [-0.05, 0) is 31.5 Å². The lowest BCUT2D eigenvalue weighted by atomic mass is 10.0. The topological polar surface area (TPSA) is 39.7 Å². The molecule has 1 aromatic carbocycles. The fourth-order valence-electron chi connectivity index (χ4n) is 2.25. The molecular weight excluding hydrogens is 230 g/mol. The highest BCUT2D eigenvalue weighted by atomic mass is 16.5. The standard InChI is InChI=1S/C14H21NO3/c1-16-12-6-3-7-13(14(12)17-2)18-10-11-5-4-8-15-9-11/h3,6-7,11,15H,4-5,8-10H2,1-2H3. The predicted octanol–water partition coefficient (Wildman–Crippen LogP) is 2.08. The quantitative estimate of drug-likeness (QED) is 0.869. The van der Waals surface area contributed by atoms with Crippen LogP contribution < -0.4 is 19.5 Å². The third-order valence-electron chi connectivity index (χ3n) is 3.24. The van der Waals surface area contributed by atoms with Gasteiger partial charge in [0, 0.05) is 12.5 Å². The van der Waals surface area contributed by atoms with Crippen molar-refractivity contribution >= 4 is 0 Å². The molecule has 1 aliphatic heterocycles. The molecule has 1 aliphatic rings. The van der Waals surface area contributed by atoms with E-state index in [0.29, 0.717) is 17.4 Å². The van der Waals surface area contributed by atoms with Crippen molar-refractivity contribution in [3.05, 3.63) is 18.2 Å². The molecule has 4 heteroatoms. The minimum Gasteiger partial charge on any atom is -0.493 e. The Morgan fingerprint density at radius 2 is 2.06 bits per heavy atom. The van der Waals surface area contributed by atoms with Crippen LogP contribution in [0.3, 0.4) is 0 Å². The average molecular weight is 251 g/mol. The molecule has 0 bridgehead atoms. The van der Waals surface area contributed by atoms with Crippen LogP contribution in [-0.2, 0) is 0 Å². The SMILES string of the molecule is COc1cccc(OCC2CCCNC2)c1OC. The summed E-state index contributed by atoms with van der Waals surface area (Å²) in [5.41, 5.74) is 0. The highest BCUT2D eigenvalue weighted by molar-refractivity contribution is 5.50. The molecule has 18 heavy (non-hydrogen) atoms. The number of nitrogens with one attached hydrogen (secondary N) is 1. The van der Waals surface area contributed by atoms with Crippen LogP contribution in [0.15, 0.2) is 18.2 Å². The van der Waals surface area contributed by atoms with Crippen molar-refractivity contribution in [3.8, 4) is 17.2 Å². The minimum absolute atomic E-state index is 0.578. The van der Waals surface area contributed by atoms with E-state index < -0.39 is 0 Å². The predicted molar refractivity (Wildman–Crippen MR) is 70.6 cm³/mol. The van der Waals surface area contributed by atoms with Crippen molar-refractivity contribution in [2.45, 2.75) is 12.8 Å². The van der Waals surface area contributed by atoms with E-state index in [2.05, 4.69) is 5.32 Å². The van der Waals surface area contributed by atoms with E-state index >= 15 is 0 Å². The number of para-hydroxylation sites is 1. The molecule has 1 atom stereocenters. The van der Waals surface area contributed by atoms with Gasteiger partial charge in [0.1, 0.15) is 0 Å². The van der Waals surface area contributed by atoms with E-state index in [-0.39, 0.29) is 0 Å². The largest absolute Gasteiger partial charge is 0.493 e. The van der Waals surface area contributed by atoms with Gasteiger partial charge in [0.15, 0.2) is 11.5 Å². The van der Waals surface area contributed by atoms with Gasteiger partial charge in [-0.3, -0.25) is 0 Å². The molecule has 0 radical (unpaired) electrons. The molecule has 1 saturated heterocycles. The summed E-state index contributed by atoms with van der Waals surface area (Å²) in [6.45, 7) is 2.88. The zero-order valence-corrected chi connectivity index (χ0v) is 11.1. The van der Waals surface area contributed by atoms with Crippen molar-refractivity contribution in [2.24, 2.45) is 5.92 Å². The van der Waals surface area contributed by atoms with Crippen LogP contribution in [0.4, 0.5) is 0 Å². The highest BCUT2D eigenvalue weighted by Crippen LogP contribution is 2.36. The van der Waals surface area contributed by atoms with Crippen LogP contribution in [0.5, 0.6) is 17.2 Å². The van der Waals surface area contributed by atoms with Crippen LogP contribution in [0.1, 0.15) is 12.8 Å². The number of ether oxygens (including phenoxy) is 3. The van der Waals surface area contributed by atoms with E-state index in [4.69, 9.17) is 14.2 Å². The Morgan fingerprint density at radius 1 is 1.22 bits per heavy atom. The summed E-state index contributed by atoms with van der Waals surface area (Å²) in [5.74, 6) is 2.71. The van der Waals surface area contributed by atoms with Gasteiger partial charge in [0.05, 0.1) is 20.8 Å². The van der Waals surface area contributed by atoms with Gasteiger partial charge < -0.3 is 19.5 Å². The number of hydrogen-bond acceptors (Lipinski definition) is 4. The van der Waals surface area contributed by atoms with Gasteiger partial charge in [0.2, 0.25) is 5.75 Å². The first-order valence-corrected chi connectivity index (χ1v) is 6.39. The number of piperidine rings is 1. The zero-order chi connectivity index (χ0) is 12.8. The minimum atomic E-state index is 0.578. The Bertz CT molecular complexity index is 375. The maximum atomic E-state index is 5.86. The van der Waals surface area contributed by atoms with E-state index in [1.165, 1.54) is 12.8 Å². The molecule has 100 valence electrons. The third-order valence-corrected chi connectivity index (χ3v) is 3.24. The number of hydrogen-bond donors (Lipinski definition) is 1. The third kappa shape index (κ3) is 3.07. The number of rotatable bonds is 5. The summed E-state index contributed by atoms with van der Waals surface area (Å²) in [5, 5.41) is 3.39. The van der Waals surface area contributed by atoms with Crippen molar-refractivity contribution in [1.29, 1.82) is 0 Å². The van der Waals surface area contributed by atoms with Crippen LogP contribution in [0, 0.1) is 5.92 Å². The summed E-state index contributed by atoms with van der Waals surface area (Å²) in [6.07, 6.45) is 2.45. The average Bonchev–Trinajstić information content (AvgIpc) is 2.45. The molecule has 4 nitrogen and oxygen atoms in total. The molecule has 1 unspecified atom stereocenters. The lowest BCUT2D eigenvalue weighted by Gasteiger charge is -2.23. The first-order chi connectivity index (χ1) is 8.85. The Balaban J connectivity index is 1.99. The summed E-state index contributed by atoms with van der Waals surface area (Å²) in [4.78, 5) is 0.